The lowest BCUT2D eigenvalue weighted by molar-refractivity contribution is 0.410. The molecule has 0 aliphatic rings. The van der Waals surface area contributed by atoms with E-state index in [1.165, 1.54) is 11.1 Å². The van der Waals surface area contributed by atoms with Crippen LogP contribution in [0.5, 0.6) is 5.75 Å². The van der Waals surface area contributed by atoms with E-state index in [0.29, 0.717) is 0 Å². The van der Waals surface area contributed by atoms with Crippen molar-refractivity contribution in [1.82, 2.24) is 20.2 Å². The van der Waals surface area contributed by atoms with Crippen LogP contribution in [0.1, 0.15) is 11.1 Å². The molecule has 0 radical (unpaired) electrons. The Morgan fingerprint density at radius 3 is 2.64 bits per heavy atom. The first-order chi connectivity index (χ1) is 10.8. The van der Waals surface area contributed by atoms with Crippen molar-refractivity contribution in [2.75, 3.05) is 7.11 Å². The highest BCUT2D eigenvalue weighted by Gasteiger charge is 2.12. The van der Waals surface area contributed by atoms with Crippen LogP contribution < -0.4 is 4.74 Å². The van der Waals surface area contributed by atoms with Gasteiger partial charge in [-0.3, -0.25) is 0 Å². The van der Waals surface area contributed by atoms with E-state index in [4.69, 9.17) is 4.74 Å². The maximum absolute atomic E-state index is 5.37. The number of nitrogens with zero attached hydrogens (tertiary/aromatic N) is 4. The van der Waals surface area contributed by atoms with Crippen molar-refractivity contribution in [1.29, 1.82) is 0 Å². The molecule has 3 aromatic rings. The summed E-state index contributed by atoms with van der Waals surface area (Å²) in [6, 6.07) is 16.2. The van der Waals surface area contributed by atoms with Crippen molar-refractivity contribution >= 4 is 11.8 Å². The number of benzene rings is 2. The molecule has 2 aromatic carbocycles. The van der Waals surface area contributed by atoms with Gasteiger partial charge in [-0.1, -0.05) is 53.7 Å². The van der Waals surface area contributed by atoms with Crippen molar-refractivity contribution in [3.05, 3.63) is 59.7 Å². The summed E-state index contributed by atoms with van der Waals surface area (Å²) in [5, 5.41) is 12.7. The van der Waals surface area contributed by atoms with E-state index in [2.05, 4.69) is 46.7 Å². The maximum Gasteiger partial charge on any atom is 0.214 e. The van der Waals surface area contributed by atoms with Gasteiger partial charge in [0, 0.05) is 5.75 Å². The smallest absolute Gasteiger partial charge is 0.214 e. The van der Waals surface area contributed by atoms with Gasteiger partial charge in [0.1, 0.15) is 11.4 Å². The molecule has 5 nitrogen and oxygen atoms in total. The van der Waals surface area contributed by atoms with E-state index in [-0.39, 0.29) is 0 Å². The molecule has 0 amide bonds. The first-order valence-electron chi connectivity index (χ1n) is 6.88. The fourth-order valence-electron chi connectivity index (χ4n) is 2.06. The van der Waals surface area contributed by atoms with Crippen molar-refractivity contribution in [3.8, 4) is 11.4 Å². The minimum atomic E-state index is 0.741. The lowest BCUT2D eigenvalue weighted by Gasteiger charge is -2.09. The van der Waals surface area contributed by atoms with Gasteiger partial charge in [0.15, 0.2) is 0 Å². The summed E-state index contributed by atoms with van der Waals surface area (Å²) in [4.78, 5) is 0. The van der Waals surface area contributed by atoms with Crippen LogP contribution in [-0.4, -0.2) is 27.3 Å². The minimum absolute atomic E-state index is 0.741. The largest absolute Gasteiger partial charge is 0.494 e. The van der Waals surface area contributed by atoms with Gasteiger partial charge in [-0.15, -0.1) is 5.10 Å². The molecular formula is C16H16N4OS. The van der Waals surface area contributed by atoms with Gasteiger partial charge in [-0.25, -0.2) is 0 Å². The van der Waals surface area contributed by atoms with Crippen LogP contribution in [-0.2, 0) is 5.75 Å². The molecule has 22 heavy (non-hydrogen) atoms. The van der Waals surface area contributed by atoms with Gasteiger partial charge >= 0.3 is 0 Å². The Morgan fingerprint density at radius 1 is 1.09 bits per heavy atom. The second kappa shape index (κ2) is 6.62. The summed E-state index contributed by atoms with van der Waals surface area (Å²) >= 11 is 1.60. The second-order valence-electron chi connectivity index (χ2n) is 4.82. The highest BCUT2D eigenvalue weighted by molar-refractivity contribution is 7.98. The predicted molar refractivity (Wildman–Crippen MR) is 86.4 cm³/mol. The number of aryl methyl sites for hydroxylation is 1. The standard InChI is InChI=1S/C16H16N4OS/c1-12-7-9-13(10-8-12)11-22-16-17-18-19-20(16)14-5-3-4-6-15(14)21-2/h3-10H,11H2,1-2H3. The van der Waals surface area contributed by atoms with E-state index >= 15 is 0 Å². The van der Waals surface area contributed by atoms with Gasteiger partial charge < -0.3 is 4.74 Å². The third kappa shape index (κ3) is 3.12. The molecule has 0 aliphatic carbocycles. The third-order valence-corrected chi connectivity index (χ3v) is 4.23. The van der Waals surface area contributed by atoms with Gasteiger partial charge in [-0.2, -0.15) is 4.68 Å². The summed E-state index contributed by atoms with van der Waals surface area (Å²) in [6.45, 7) is 2.08. The molecule has 0 aliphatic heterocycles. The Hall–Kier alpha value is -2.34. The van der Waals surface area contributed by atoms with E-state index in [9.17, 15) is 0 Å². The van der Waals surface area contributed by atoms with E-state index in [1.807, 2.05) is 24.3 Å². The van der Waals surface area contributed by atoms with Crippen LogP contribution >= 0.6 is 11.8 Å². The number of hydrogen-bond acceptors (Lipinski definition) is 5. The first-order valence-corrected chi connectivity index (χ1v) is 7.86. The fourth-order valence-corrected chi connectivity index (χ4v) is 2.90. The van der Waals surface area contributed by atoms with Crippen molar-refractivity contribution < 1.29 is 4.74 Å². The van der Waals surface area contributed by atoms with Crippen LogP contribution in [0.3, 0.4) is 0 Å². The fraction of sp³-hybridized carbons (Fsp3) is 0.188. The number of thioether (sulfide) groups is 1. The lowest BCUT2D eigenvalue weighted by Crippen LogP contribution is -2.01. The monoisotopic (exact) mass is 312 g/mol. The molecule has 0 fully saturated rings. The van der Waals surface area contributed by atoms with Crippen molar-refractivity contribution in [2.24, 2.45) is 0 Å². The number of para-hydroxylation sites is 2. The van der Waals surface area contributed by atoms with Gasteiger partial charge in [0.2, 0.25) is 5.16 Å². The topological polar surface area (TPSA) is 52.8 Å². The van der Waals surface area contributed by atoms with Crippen LogP contribution in [0.4, 0.5) is 0 Å². The zero-order chi connectivity index (χ0) is 15.4. The number of rotatable bonds is 5. The molecule has 1 aromatic heterocycles. The highest BCUT2D eigenvalue weighted by Crippen LogP contribution is 2.27. The zero-order valence-corrected chi connectivity index (χ0v) is 13.2. The number of tetrazole rings is 1. The number of hydrogen-bond donors (Lipinski definition) is 0. The molecule has 1 heterocycles. The molecule has 3 rings (SSSR count). The summed E-state index contributed by atoms with van der Waals surface area (Å²) in [6.07, 6.45) is 0. The average Bonchev–Trinajstić information content (AvgIpc) is 3.02. The molecule has 0 N–H and O–H groups in total. The van der Waals surface area contributed by atoms with Gasteiger partial charge in [0.25, 0.3) is 0 Å². The third-order valence-electron chi connectivity index (χ3n) is 3.24. The zero-order valence-electron chi connectivity index (χ0n) is 12.4. The predicted octanol–water partition coefficient (Wildman–Crippen LogP) is 3.27. The number of ether oxygens (including phenoxy) is 1. The Morgan fingerprint density at radius 2 is 1.86 bits per heavy atom. The Kier molecular flexibility index (Phi) is 4.39. The molecule has 0 spiro atoms. The first kappa shape index (κ1) is 14.6. The SMILES string of the molecule is COc1ccccc1-n1nnnc1SCc1ccc(C)cc1. The van der Waals surface area contributed by atoms with Crippen LogP contribution in [0, 0.1) is 6.92 Å². The molecule has 0 atom stereocenters. The maximum atomic E-state index is 5.37. The average molecular weight is 312 g/mol. The van der Waals surface area contributed by atoms with E-state index < -0.39 is 0 Å². The molecule has 0 bridgehead atoms. The van der Waals surface area contributed by atoms with E-state index in [0.717, 1.165) is 22.3 Å². The van der Waals surface area contributed by atoms with Crippen LogP contribution in [0.25, 0.3) is 5.69 Å². The molecule has 0 saturated heterocycles. The molecular weight excluding hydrogens is 296 g/mol. The normalized spacial score (nSPS) is 10.6. The minimum Gasteiger partial charge on any atom is -0.494 e. The quantitative estimate of drug-likeness (QED) is 0.677. The Balaban J connectivity index is 1.81. The van der Waals surface area contributed by atoms with Crippen molar-refractivity contribution in [2.45, 2.75) is 17.8 Å². The second-order valence-corrected chi connectivity index (χ2v) is 5.76. The molecule has 0 saturated carbocycles. The summed E-state index contributed by atoms with van der Waals surface area (Å²) in [7, 11) is 1.64. The molecule has 112 valence electrons. The number of aromatic nitrogens is 4. The van der Waals surface area contributed by atoms with E-state index in [1.54, 1.807) is 23.6 Å². The van der Waals surface area contributed by atoms with Crippen molar-refractivity contribution in [3.63, 3.8) is 0 Å². The highest BCUT2D eigenvalue weighted by atomic mass is 32.2. The lowest BCUT2D eigenvalue weighted by atomic mass is 10.2. The van der Waals surface area contributed by atoms with Crippen LogP contribution in [0.15, 0.2) is 53.7 Å². The number of methoxy groups -OCH3 is 1. The summed E-state index contributed by atoms with van der Waals surface area (Å²) < 4.78 is 7.08. The van der Waals surface area contributed by atoms with Gasteiger partial charge in [0.05, 0.1) is 7.11 Å². The van der Waals surface area contributed by atoms with Crippen LogP contribution in [0.2, 0.25) is 0 Å². The summed E-state index contributed by atoms with van der Waals surface area (Å²) in [5.41, 5.74) is 3.33. The summed E-state index contributed by atoms with van der Waals surface area (Å²) in [5.74, 6) is 1.56. The molecule has 0 unspecified atom stereocenters. The van der Waals surface area contributed by atoms with Gasteiger partial charge in [-0.05, 0) is 35.0 Å². The Bertz CT molecular complexity index is 755. The Labute approximate surface area is 133 Å². The molecule has 6 heteroatoms.